The van der Waals surface area contributed by atoms with Gasteiger partial charge in [-0.25, -0.2) is 0 Å². The Bertz CT molecular complexity index is 606. The molecule has 0 fully saturated rings. The molecule has 104 valence electrons. The van der Waals surface area contributed by atoms with Gasteiger partial charge in [0, 0.05) is 16.8 Å². The molecule has 2 N–H and O–H groups in total. The zero-order valence-corrected chi connectivity index (χ0v) is 12.0. The molecule has 3 rings (SSSR count). The molecule has 2 heterocycles. The molecule has 1 aliphatic heterocycles. The van der Waals surface area contributed by atoms with Crippen LogP contribution in [0.2, 0.25) is 0 Å². The average molecular weight is 288 g/mol. The van der Waals surface area contributed by atoms with E-state index in [1.807, 2.05) is 24.3 Å². The fourth-order valence-electron chi connectivity index (χ4n) is 2.16. The molecule has 0 saturated heterocycles. The topological polar surface area (TPSA) is 57.4 Å². The summed E-state index contributed by atoms with van der Waals surface area (Å²) < 4.78 is 11.2. The number of fused-ring (bicyclic) bond motifs is 1. The third-order valence-electron chi connectivity index (χ3n) is 3.29. The highest BCUT2D eigenvalue weighted by Crippen LogP contribution is 2.37. The first-order valence-electron chi connectivity index (χ1n) is 6.41. The van der Waals surface area contributed by atoms with E-state index in [0.29, 0.717) is 5.75 Å². The van der Waals surface area contributed by atoms with E-state index in [1.54, 1.807) is 31.3 Å². The zero-order valence-electron chi connectivity index (χ0n) is 11.2. The van der Waals surface area contributed by atoms with Gasteiger partial charge in [-0.15, -0.1) is 11.8 Å². The molecule has 2 atom stereocenters. The van der Waals surface area contributed by atoms with Crippen LogP contribution in [0.3, 0.4) is 0 Å². The Hall–Kier alpha value is -1.72. The molecule has 1 aromatic carbocycles. The van der Waals surface area contributed by atoms with Crippen LogP contribution in [0.1, 0.15) is 11.6 Å². The maximum atomic E-state index is 6.32. The molecule has 0 spiro atoms. The number of aromatic nitrogens is 1. The third kappa shape index (κ3) is 2.59. The zero-order chi connectivity index (χ0) is 13.9. The van der Waals surface area contributed by atoms with Crippen molar-refractivity contribution >= 4 is 11.8 Å². The lowest BCUT2D eigenvalue weighted by atomic mass is 10.1. The molecule has 0 bridgehead atoms. The predicted octanol–water partition coefficient (Wildman–Crippen LogP) is 2.64. The monoisotopic (exact) mass is 288 g/mol. The van der Waals surface area contributed by atoms with Gasteiger partial charge in [0.2, 0.25) is 0 Å². The fourth-order valence-corrected chi connectivity index (χ4v) is 3.21. The summed E-state index contributed by atoms with van der Waals surface area (Å²) >= 11 is 1.77. The van der Waals surface area contributed by atoms with Crippen molar-refractivity contribution in [2.24, 2.45) is 5.73 Å². The number of hydrogen-bond donors (Lipinski definition) is 1. The maximum absolute atomic E-state index is 6.32. The van der Waals surface area contributed by atoms with Gasteiger partial charge in [-0.1, -0.05) is 12.1 Å². The summed E-state index contributed by atoms with van der Waals surface area (Å²) in [5.41, 5.74) is 7.24. The van der Waals surface area contributed by atoms with Gasteiger partial charge in [0.15, 0.2) is 0 Å². The second-order valence-electron chi connectivity index (χ2n) is 4.60. The molecule has 0 radical (unpaired) electrons. The van der Waals surface area contributed by atoms with Gasteiger partial charge in [-0.05, 0) is 23.8 Å². The Morgan fingerprint density at radius 2 is 2.25 bits per heavy atom. The molecule has 5 heteroatoms. The Balaban J connectivity index is 1.80. The van der Waals surface area contributed by atoms with Crippen molar-refractivity contribution in [1.29, 1.82) is 0 Å². The second-order valence-corrected chi connectivity index (χ2v) is 5.66. The Labute approximate surface area is 122 Å². The molecule has 0 saturated carbocycles. The number of benzene rings is 1. The molecule has 1 aliphatic rings. The minimum atomic E-state index is -0.224. The first kappa shape index (κ1) is 13.3. The summed E-state index contributed by atoms with van der Waals surface area (Å²) in [6.45, 7) is 0. The van der Waals surface area contributed by atoms with E-state index in [2.05, 4.69) is 11.1 Å². The van der Waals surface area contributed by atoms with Gasteiger partial charge in [0.1, 0.15) is 17.6 Å². The average Bonchev–Trinajstić information content (AvgIpc) is 2.53. The first-order valence-corrected chi connectivity index (χ1v) is 7.39. The number of para-hydroxylation sites is 1. The number of rotatable bonds is 3. The van der Waals surface area contributed by atoms with Crippen LogP contribution >= 0.6 is 11.8 Å². The number of ether oxygens (including phenoxy) is 2. The van der Waals surface area contributed by atoms with E-state index in [1.165, 1.54) is 4.90 Å². The molecule has 0 amide bonds. The van der Waals surface area contributed by atoms with Crippen molar-refractivity contribution < 1.29 is 9.47 Å². The summed E-state index contributed by atoms with van der Waals surface area (Å²) in [7, 11) is 1.62. The highest BCUT2D eigenvalue weighted by Gasteiger charge is 2.27. The lowest BCUT2D eigenvalue weighted by Crippen LogP contribution is -2.35. The van der Waals surface area contributed by atoms with E-state index in [-0.39, 0.29) is 12.1 Å². The summed E-state index contributed by atoms with van der Waals surface area (Å²) in [6.07, 6.45) is 3.37. The Morgan fingerprint density at radius 3 is 3.10 bits per heavy atom. The molecule has 2 aromatic rings. The van der Waals surface area contributed by atoms with Crippen LogP contribution in [0.25, 0.3) is 0 Å². The molecule has 20 heavy (non-hydrogen) atoms. The highest BCUT2D eigenvalue weighted by atomic mass is 32.2. The number of methoxy groups -OCH3 is 1. The summed E-state index contributed by atoms with van der Waals surface area (Å²) in [5, 5.41) is 0. The van der Waals surface area contributed by atoms with E-state index in [0.717, 1.165) is 17.1 Å². The van der Waals surface area contributed by atoms with Crippen molar-refractivity contribution in [3.8, 4) is 11.5 Å². The summed E-state index contributed by atoms with van der Waals surface area (Å²) in [4.78, 5) is 5.31. The summed E-state index contributed by atoms with van der Waals surface area (Å²) in [6, 6.07) is 9.71. The quantitative estimate of drug-likeness (QED) is 0.941. The van der Waals surface area contributed by atoms with Crippen molar-refractivity contribution in [3.63, 3.8) is 0 Å². The predicted molar refractivity (Wildman–Crippen MR) is 79.3 cm³/mol. The molecule has 4 nitrogen and oxygen atoms in total. The molecule has 1 aromatic heterocycles. The number of nitrogens with two attached hydrogens (primary N) is 1. The van der Waals surface area contributed by atoms with Gasteiger partial charge in [0.25, 0.3) is 0 Å². The van der Waals surface area contributed by atoms with Crippen LogP contribution in [0.15, 0.2) is 47.6 Å². The highest BCUT2D eigenvalue weighted by molar-refractivity contribution is 7.99. The third-order valence-corrected chi connectivity index (χ3v) is 4.43. The summed E-state index contributed by atoms with van der Waals surface area (Å²) in [5.74, 6) is 2.44. The van der Waals surface area contributed by atoms with Gasteiger partial charge in [0.05, 0.1) is 19.3 Å². The lowest BCUT2D eigenvalue weighted by Gasteiger charge is -2.29. The van der Waals surface area contributed by atoms with Gasteiger partial charge in [-0.2, -0.15) is 0 Å². The molecular formula is C15H16N2O2S. The number of hydrogen-bond acceptors (Lipinski definition) is 5. The second kappa shape index (κ2) is 5.73. The van der Waals surface area contributed by atoms with Crippen molar-refractivity contribution in [1.82, 2.24) is 4.98 Å². The number of thioether (sulfide) groups is 1. The van der Waals surface area contributed by atoms with Crippen LogP contribution < -0.4 is 15.2 Å². The van der Waals surface area contributed by atoms with Gasteiger partial charge >= 0.3 is 0 Å². The first-order chi connectivity index (χ1) is 9.78. The molecule has 2 unspecified atom stereocenters. The van der Waals surface area contributed by atoms with Crippen LogP contribution in [0, 0.1) is 0 Å². The Morgan fingerprint density at radius 1 is 1.40 bits per heavy atom. The van der Waals surface area contributed by atoms with E-state index in [4.69, 9.17) is 15.2 Å². The van der Waals surface area contributed by atoms with Crippen LogP contribution in [-0.4, -0.2) is 24.0 Å². The molecule has 0 aliphatic carbocycles. The minimum absolute atomic E-state index is 0.0659. The van der Waals surface area contributed by atoms with Crippen molar-refractivity contribution in [2.75, 3.05) is 12.9 Å². The Kier molecular flexibility index (Phi) is 3.80. The smallest absolute Gasteiger partial charge is 0.137 e. The minimum Gasteiger partial charge on any atom is -0.495 e. The van der Waals surface area contributed by atoms with Crippen LogP contribution in [-0.2, 0) is 0 Å². The fraction of sp³-hybridized carbons (Fsp3) is 0.267. The van der Waals surface area contributed by atoms with Crippen LogP contribution in [0.4, 0.5) is 0 Å². The van der Waals surface area contributed by atoms with E-state index in [9.17, 15) is 0 Å². The number of nitrogens with zero attached hydrogens (tertiary/aromatic N) is 1. The van der Waals surface area contributed by atoms with Crippen molar-refractivity contribution in [2.45, 2.75) is 17.0 Å². The van der Waals surface area contributed by atoms with Crippen molar-refractivity contribution in [3.05, 3.63) is 48.3 Å². The van der Waals surface area contributed by atoms with Gasteiger partial charge in [-0.3, -0.25) is 4.98 Å². The van der Waals surface area contributed by atoms with Crippen LogP contribution in [0.5, 0.6) is 11.5 Å². The standard InChI is InChI=1S/C15H16N2O2S/c1-18-11-6-10(7-17-8-11)15(16)13-9-20-14-5-3-2-4-12(14)19-13/h2-8,13,15H,9,16H2,1H3. The largest absolute Gasteiger partial charge is 0.495 e. The van der Waals surface area contributed by atoms with Gasteiger partial charge < -0.3 is 15.2 Å². The van der Waals surface area contributed by atoms with E-state index < -0.39 is 0 Å². The SMILES string of the molecule is COc1cncc(C(N)C2CSc3ccccc3O2)c1. The molecular weight excluding hydrogens is 272 g/mol. The van der Waals surface area contributed by atoms with E-state index >= 15 is 0 Å². The lowest BCUT2D eigenvalue weighted by molar-refractivity contribution is 0.185. The number of pyridine rings is 1. The maximum Gasteiger partial charge on any atom is 0.137 e. The normalized spacial score (nSPS) is 18.8.